The van der Waals surface area contributed by atoms with Crippen molar-refractivity contribution in [1.82, 2.24) is 20.4 Å². The zero-order chi connectivity index (χ0) is 11.4. The first kappa shape index (κ1) is 12.3. The highest BCUT2D eigenvalue weighted by molar-refractivity contribution is 4.83. The fraction of sp³-hybridized carbons (Fsp3) is 1.00. The molecule has 2 aliphatic heterocycles. The van der Waals surface area contributed by atoms with Crippen LogP contribution in [0.4, 0.5) is 0 Å². The molecule has 2 fully saturated rings. The molecule has 2 aliphatic rings. The van der Waals surface area contributed by atoms with Gasteiger partial charge in [-0.05, 0) is 40.0 Å². The molecule has 0 aromatic carbocycles. The summed E-state index contributed by atoms with van der Waals surface area (Å²) in [6, 6.07) is 1.49. The summed E-state index contributed by atoms with van der Waals surface area (Å²) >= 11 is 0. The van der Waals surface area contributed by atoms with E-state index in [4.69, 9.17) is 0 Å². The lowest BCUT2D eigenvalue weighted by Crippen LogP contribution is -2.57. The standard InChI is InChI=1S/C12H26N4/c1-15-7-3-11(4-8-15)13-5-6-14-12-9-16(2)10-12/h11-14H,3-10H2,1-2H3. The molecule has 16 heavy (non-hydrogen) atoms. The maximum atomic E-state index is 3.65. The topological polar surface area (TPSA) is 30.5 Å². The van der Waals surface area contributed by atoms with Crippen LogP contribution in [0.15, 0.2) is 0 Å². The first-order chi connectivity index (χ1) is 7.74. The fourth-order valence-corrected chi connectivity index (χ4v) is 2.59. The van der Waals surface area contributed by atoms with Gasteiger partial charge in [0.2, 0.25) is 0 Å². The molecular formula is C12H26N4. The highest BCUT2D eigenvalue weighted by atomic mass is 15.2. The van der Waals surface area contributed by atoms with Crippen LogP contribution in [0.25, 0.3) is 0 Å². The molecule has 2 rings (SSSR count). The Kier molecular flexibility index (Phi) is 4.58. The molecule has 0 atom stereocenters. The van der Waals surface area contributed by atoms with E-state index in [1.807, 2.05) is 0 Å². The summed E-state index contributed by atoms with van der Waals surface area (Å²) in [4.78, 5) is 4.77. The summed E-state index contributed by atoms with van der Waals surface area (Å²) in [6.45, 7) is 7.17. The van der Waals surface area contributed by atoms with Gasteiger partial charge in [0, 0.05) is 38.3 Å². The van der Waals surface area contributed by atoms with Gasteiger partial charge in [0.25, 0.3) is 0 Å². The van der Waals surface area contributed by atoms with Crippen LogP contribution in [-0.2, 0) is 0 Å². The van der Waals surface area contributed by atoms with Crippen LogP contribution < -0.4 is 10.6 Å². The van der Waals surface area contributed by atoms with E-state index in [1.54, 1.807) is 0 Å². The molecule has 94 valence electrons. The smallest absolute Gasteiger partial charge is 0.0322 e. The van der Waals surface area contributed by atoms with Crippen molar-refractivity contribution in [3.8, 4) is 0 Å². The van der Waals surface area contributed by atoms with Crippen molar-refractivity contribution in [1.29, 1.82) is 0 Å². The van der Waals surface area contributed by atoms with Gasteiger partial charge in [0.05, 0.1) is 0 Å². The van der Waals surface area contributed by atoms with Crippen molar-refractivity contribution in [3.63, 3.8) is 0 Å². The van der Waals surface area contributed by atoms with Gasteiger partial charge in [-0.15, -0.1) is 0 Å². The van der Waals surface area contributed by atoms with Crippen molar-refractivity contribution in [2.45, 2.75) is 24.9 Å². The molecule has 0 aromatic rings. The van der Waals surface area contributed by atoms with Crippen molar-refractivity contribution < 1.29 is 0 Å². The predicted molar refractivity (Wildman–Crippen MR) is 67.8 cm³/mol. The molecule has 4 heteroatoms. The van der Waals surface area contributed by atoms with E-state index in [-0.39, 0.29) is 0 Å². The normalized spacial score (nSPS) is 25.9. The Morgan fingerprint density at radius 2 is 1.44 bits per heavy atom. The molecular weight excluding hydrogens is 200 g/mol. The Balaban J connectivity index is 1.45. The van der Waals surface area contributed by atoms with Crippen molar-refractivity contribution >= 4 is 0 Å². The third-order valence-corrected chi connectivity index (χ3v) is 3.77. The second-order valence-electron chi connectivity index (χ2n) is 5.40. The highest BCUT2D eigenvalue weighted by Gasteiger charge is 2.22. The molecule has 0 aromatic heterocycles. The van der Waals surface area contributed by atoms with Gasteiger partial charge in [0.15, 0.2) is 0 Å². The van der Waals surface area contributed by atoms with Crippen LogP contribution in [0.2, 0.25) is 0 Å². The number of likely N-dealkylation sites (N-methyl/N-ethyl adjacent to an activating group) is 1. The minimum atomic E-state index is 0.740. The minimum Gasteiger partial charge on any atom is -0.313 e. The largest absolute Gasteiger partial charge is 0.313 e. The highest BCUT2D eigenvalue weighted by Crippen LogP contribution is 2.07. The van der Waals surface area contributed by atoms with Gasteiger partial charge in [-0.2, -0.15) is 0 Å². The van der Waals surface area contributed by atoms with Crippen LogP contribution in [0.3, 0.4) is 0 Å². The molecule has 0 spiro atoms. The van der Waals surface area contributed by atoms with Crippen LogP contribution in [0.5, 0.6) is 0 Å². The van der Waals surface area contributed by atoms with Crippen LogP contribution in [-0.4, -0.2) is 75.2 Å². The molecule has 0 radical (unpaired) electrons. The molecule has 2 N–H and O–H groups in total. The second-order valence-corrected chi connectivity index (χ2v) is 5.40. The molecule has 0 aliphatic carbocycles. The van der Waals surface area contributed by atoms with Crippen molar-refractivity contribution in [2.24, 2.45) is 0 Å². The SMILES string of the molecule is CN1CCC(NCCNC2CN(C)C2)CC1. The van der Waals surface area contributed by atoms with Gasteiger partial charge >= 0.3 is 0 Å². The Morgan fingerprint density at radius 1 is 0.875 bits per heavy atom. The van der Waals surface area contributed by atoms with Crippen LogP contribution in [0, 0.1) is 0 Å². The van der Waals surface area contributed by atoms with E-state index in [2.05, 4.69) is 34.5 Å². The number of hydrogen-bond donors (Lipinski definition) is 2. The third-order valence-electron chi connectivity index (χ3n) is 3.77. The first-order valence-corrected chi connectivity index (χ1v) is 6.58. The lowest BCUT2D eigenvalue weighted by Gasteiger charge is -2.37. The minimum absolute atomic E-state index is 0.740. The number of likely N-dealkylation sites (tertiary alicyclic amines) is 2. The van der Waals surface area contributed by atoms with Crippen molar-refractivity contribution in [3.05, 3.63) is 0 Å². The van der Waals surface area contributed by atoms with Gasteiger partial charge in [-0.3, -0.25) is 0 Å². The number of rotatable bonds is 5. The van der Waals surface area contributed by atoms with Crippen LogP contribution >= 0.6 is 0 Å². The average Bonchev–Trinajstić information content (AvgIpc) is 2.24. The first-order valence-electron chi connectivity index (χ1n) is 6.58. The summed E-state index contributed by atoms with van der Waals surface area (Å²) in [5.41, 5.74) is 0. The second kappa shape index (κ2) is 5.96. The Bertz CT molecular complexity index is 195. The predicted octanol–water partition coefficient (Wildman–Crippen LogP) is -0.426. The summed E-state index contributed by atoms with van der Waals surface area (Å²) in [7, 11) is 4.39. The maximum Gasteiger partial charge on any atom is 0.0322 e. The molecule has 0 saturated carbocycles. The van der Waals surface area contributed by atoms with Gasteiger partial charge < -0.3 is 20.4 Å². The summed E-state index contributed by atoms with van der Waals surface area (Å²) in [6.07, 6.45) is 2.62. The van der Waals surface area contributed by atoms with E-state index in [0.717, 1.165) is 25.2 Å². The molecule has 2 heterocycles. The van der Waals surface area contributed by atoms with E-state index in [1.165, 1.54) is 39.0 Å². The number of hydrogen-bond acceptors (Lipinski definition) is 4. The number of piperidine rings is 1. The number of nitrogens with one attached hydrogen (secondary N) is 2. The van der Waals surface area contributed by atoms with E-state index >= 15 is 0 Å². The van der Waals surface area contributed by atoms with Gasteiger partial charge in [0.1, 0.15) is 0 Å². The quantitative estimate of drug-likeness (QED) is 0.623. The monoisotopic (exact) mass is 226 g/mol. The van der Waals surface area contributed by atoms with Crippen molar-refractivity contribution in [2.75, 3.05) is 53.4 Å². The molecule has 0 unspecified atom stereocenters. The zero-order valence-electron chi connectivity index (χ0n) is 10.7. The summed E-state index contributed by atoms with van der Waals surface area (Å²) in [5, 5.41) is 7.24. The summed E-state index contributed by atoms with van der Waals surface area (Å²) < 4.78 is 0. The van der Waals surface area contributed by atoms with Gasteiger partial charge in [-0.25, -0.2) is 0 Å². The third kappa shape index (κ3) is 3.70. The number of nitrogens with zero attached hydrogens (tertiary/aromatic N) is 2. The van der Waals surface area contributed by atoms with Gasteiger partial charge in [-0.1, -0.05) is 0 Å². The van der Waals surface area contributed by atoms with E-state index < -0.39 is 0 Å². The van der Waals surface area contributed by atoms with Crippen LogP contribution in [0.1, 0.15) is 12.8 Å². The zero-order valence-corrected chi connectivity index (χ0v) is 10.7. The Hall–Kier alpha value is -0.160. The molecule has 0 bridgehead atoms. The lowest BCUT2D eigenvalue weighted by molar-refractivity contribution is 0.161. The lowest BCUT2D eigenvalue weighted by atomic mass is 10.1. The van der Waals surface area contributed by atoms with E-state index in [9.17, 15) is 0 Å². The molecule has 2 saturated heterocycles. The molecule has 4 nitrogen and oxygen atoms in total. The Morgan fingerprint density at radius 3 is 2.00 bits per heavy atom. The molecule has 0 amide bonds. The Labute approximate surface area is 99.4 Å². The van der Waals surface area contributed by atoms with E-state index in [0.29, 0.717) is 0 Å². The average molecular weight is 226 g/mol. The fourth-order valence-electron chi connectivity index (χ4n) is 2.59. The maximum absolute atomic E-state index is 3.65. The summed E-state index contributed by atoms with van der Waals surface area (Å²) in [5.74, 6) is 0.